The van der Waals surface area contributed by atoms with Crippen LogP contribution in [-0.4, -0.2) is 93.7 Å². The number of para-hydroxylation sites is 2. The number of amides is 1. The van der Waals surface area contributed by atoms with Crippen molar-refractivity contribution in [1.29, 1.82) is 0 Å². The number of anilines is 1. The Morgan fingerprint density at radius 3 is 2.61 bits per heavy atom. The Balaban J connectivity index is 0.00000341. The maximum Gasteiger partial charge on any atom is 0.219 e. The Labute approximate surface area is 203 Å². The number of ether oxygens (including phenoxy) is 1. The van der Waals surface area contributed by atoms with Gasteiger partial charge in [-0.3, -0.25) is 14.7 Å². The van der Waals surface area contributed by atoms with Crippen molar-refractivity contribution in [2.75, 3.05) is 70.9 Å². The van der Waals surface area contributed by atoms with Crippen LogP contribution in [-0.2, 0) is 4.79 Å². The zero-order chi connectivity index (χ0) is 21.3. The highest BCUT2D eigenvalue weighted by Crippen LogP contribution is 2.30. The summed E-state index contributed by atoms with van der Waals surface area (Å²) >= 11 is 0. The summed E-state index contributed by atoms with van der Waals surface area (Å²) in [4.78, 5) is 22.9. The van der Waals surface area contributed by atoms with E-state index in [1.807, 2.05) is 17.0 Å². The molecular weight excluding hydrogens is 507 g/mol. The quantitative estimate of drug-likeness (QED) is 0.309. The minimum absolute atomic E-state index is 0. The third kappa shape index (κ3) is 7.41. The second-order valence-electron chi connectivity index (χ2n) is 7.86. The molecule has 0 aliphatic carbocycles. The summed E-state index contributed by atoms with van der Waals surface area (Å²) in [5.74, 6) is 1.97. The molecule has 1 unspecified atom stereocenters. The van der Waals surface area contributed by atoms with Crippen molar-refractivity contribution in [2.45, 2.75) is 26.3 Å². The van der Waals surface area contributed by atoms with Crippen LogP contribution in [0.4, 0.5) is 5.69 Å². The van der Waals surface area contributed by atoms with Crippen molar-refractivity contribution >= 4 is 41.5 Å². The van der Waals surface area contributed by atoms with Crippen LogP contribution in [0.3, 0.4) is 0 Å². The van der Waals surface area contributed by atoms with Gasteiger partial charge in [-0.05, 0) is 25.5 Å². The Kier molecular flexibility index (Phi) is 10.7. The molecule has 9 heteroatoms. The first-order valence-corrected chi connectivity index (χ1v) is 11.0. The third-order valence-corrected chi connectivity index (χ3v) is 5.80. The minimum Gasteiger partial charge on any atom is -0.495 e. The van der Waals surface area contributed by atoms with Crippen LogP contribution >= 0.6 is 24.0 Å². The topological polar surface area (TPSA) is 72.4 Å². The normalized spacial score (nSPS) is 19.7. The molecule has 0 saturated carbocycles. The summed E-state index contributed by atoms with van der Waals surface area (Å²) in [6.07, 6.45) is 1.06. The molecule has 2 aliphatic heterocycles. The lowest BCUT2D eigenvalue weighted by molar-refractivity contribution is -0.130. The number of carbonyl (C=O) groups is 1. The fourth-order valence-electron chi connectivity index (χ4n) is 4.09. The van der Waals surface area contributed by atoms with Crippen molar-refractivity contribution in [3.05, 3.63) is 24.3 Å². The molecule has 2 N–H and O–H groups in total. The van der Waals surface area contributed by atoms with Crippen LogP contribution in [0.5, 0.6) is 5.75 Å². The van der Waals surface area contributed by atoms with Crippen molar-refractivity contribution < 1.29 is 9.53 Å². The number of hydrogen-bond donors (Lipinski definition) is 2. The summed E-state index contributed by atoms with van der Waals surface area (Å²) < 4.78 is 5.52. The maximum atomic E-state index is 11.5. The van der Waals surface area contributed by atoms with Crippen molar-refractivity contribution in [3.8, 4) is 5.75 Å². The average molecular weight is 544 g/mol. The number of halogens is 1. The van der Waals surface area contributed by atoms with E-state index in [0.29, 0.717) is 6.04 Å². The van der Waals surface area contributed by atoms with Gasteiger partial charge in [-0.2, -0.15) is 0 Å². The van der Waals surface area contributed by atoms with E-state index in [4.69, 9.17) is 9.73 Å². The lowest BCUT2D eigenvalue weighted by Crippen LogP contribution is -2.49. The zero-order valence-electron chi connectivity index (χ0n) is 19.0. The van der Waals surface area contributed by atoms with Gasteiger partial charge in [0.2, 0.25) is 5.91 Å². The van der Waals surface area contributed by atoms with Gasteiger partial charge in [0, 0.05) is 65.3 Å². The van der Waals surface area contributed by atoms with Crippen LogP contribution in [0.1, 0.15) is 20.3 Å². The molecule has 2 aliphatic rings. The maximum absolute atomic E-state index is 11.5. The molecule has 2 fully saturated rings. The van der Waals surface area contributed by atoms with Crippen LogP contribution in [0.25, 0.3) is 0 Å². The lowest BCUT2D eigenvalue weighted by Gasteiger charge is -2.33. The van der Waals surface area contributed by atoms with Crippen LogP contribution < -0.4 is 20.3 Å². The summed E-state index contributed by atoms with van der Waals surface area (Å²) in [5.41, 5.74) is 1.15. The first-order valence-electron chi connectivity index (χ1n) is 11.0. The molecule has 31 heavy (non-hydrogen) atoms. The second kappa shape index (κ2) is 12.9. The summed E-state index contributed by atoms with van der Waals surface area (Å²) in [6.45, 7) is 11.7. The van der Waals surface area contributed by atoms with Gasteiger partial charge in [0.05, 0.1) is 19.3 Å². The highest BCUT2D eigenvalue weighted by atomic mass is 127. The van der Waals surface area contributed by atoms with Crippen molar-refractivity contribution in [2.24, 2.45) is 4.99 Å². The number of hydrogen-bond acceptors (Lipinski definition) is 5. The molecule has 1 aromatic rings. The predicted octanol–water partition coefficient (Wildman–Crippen LogP) is 1.61. The summed E-state index contributed by atoms with van der Waals surface area (Å²) in [6, 6.07) is 8.54. The summed E-state index contributed by atoms with van der Waals surface area (Å²) in [7, 11) is 1.72. The van der Waals surface area contributed by atoms with E-state index >= 15 is 0 Å². The smallest absolute Gasteiger partial charge is 0.219 e. The highest BCUT2D eigenvalue weighted by molar-refractivity contribution is 14.0. The third-order valence-electron chi connectivity index (χ3n) is 5.80. The van der Waals surface area contributed by atoms with Crippen LogP contribution in [0.2, 0.25) is 0 Å². The molecule has 2 saturated heterocycles. The Morgan fingerprint density at radius 2 is 1.94 bits per heavy atom. The molecule has 0 radical (unpaired) electrons. The molecule has 1 aromatic carbocycles. The summed E-state index contributed by atoms with van der Waals surface area (Å²) in [5, 5.41) is 6.97. The number of rotatable bonds is 7. The van der Waals surface area contributed by atoms with Crippen molar-refractivity contribution in [1.82, 2.24) is 20.4 Å². The average Bonchev–Trinajstić information content (AvgIpc) is 3.22. The molecule has 1 amide bonds. The number of methoxy groups -OCH3 is 1. The Morgan fingerprint density at radius 1 is 1.19 bits per heavy atom. The molecule has 8 nitrogen and oxygen atoms in total. The van der Waals surface area contributed by atoms with E-state index < -0.39 is 0 Å². The first kappa shape index (κ1) is 25.5. The number of guanidine groups is 1. The van der Waals surface area contributed by atoms with E-state index in [1.165, 1.54) is 0 Å². The van der Waals surface area contributed by atoms with Crippen LogP contribution in [0.15, 0.2) is 29.3 Å². The van der Waals surface area contributed by atoms with Crippen molar-refractivity contribution in [3.63, 3.8) is 0 Å². The number of benzene rings is 1. The van der Waals surface area contributed by atoms with Gasteiger partial charge in [0.1, 0.15) is 5.75 Å². The molecule has 0 aromatic heterocycles. The van der Waals surface area contributed by atoms with E-state index in [9.17, 15) is 4.79 Å². The largest absolute Gasteiger partial charge is 0.495 e. The van der Waals surface area contributed by atoms with E-state index in [-0.39, 0.29) is 29.9 Å². The lowest BCUT2D eigenvalue weighted by atomic mass is 10.2. The minimum atomic E-state index is 0. The standard InChI is InChI=1S/C22H36N6O2.HI/c1-4-23-22(24-10-12-26-13-15-27(16-14-26)18(2)29)25-19-9-11-28(17-19)20-7-5-6-8-21(20)30-3;/h5-8,19H,4,9-17H2,1-3H3,(H2,23,24,25);1H. The van der Waals surface area contributed by atoms with Gasteiger partial charge in [-0.1, -0.05) is 12.1 Å². The molecule has 174 valence electrons. The fraction of sp³-hybridized carbons (Fsp3) is 0.636. The number of nitrogens with zero attached hydrogens (tertiary/aromatic N) is 4. The van der Waals surface area contributed by atoms with Gasteiger partial charge in [0.15, 0.2) is 5.96 Å². The monoisotopic (exact) mass is 544 g/mol. The first-order chi connectivity index (χ1) is 14.6. The van der Waals surface area contributed by atoms with Gasteiger partial charge in [-0.15, -0.1) is 24.0 Å². The molecule has 0 bridgehead atoms. The van der Waals surface area contributed by atoms with Gasteiger partial charge in [0.25, 0.3) is 0 Å². The van der Waals surface area contributed by atoms with E-state index in [2.05, 4.69) is 39.5 Å². The number of nitrogens with one attached hydrogen (secondary N) is 2. The molecule has 0 spiro atoms. The van der Waals surface area contributed by atoms with Crippen LogP contribution in [0, 0.1) is 0 Å². The Hall–Kier alpha value is -1.75. The zero-order valence-corrected chi connectivity index (χ0v) is 21.3. The molecular formula is C22H37IN6O2. The predicted molar refractivity (Wildman–Crippen MR) is 137 cm³/mol. The number of aliphatic imine (C=N–C) groups is 1. The molecule has 2 heterocycles. The van der Waals surface area contributed by atoms with E-state index in [0.717, 1.165) is 82.7 Å². The number of carbonyl (C=O) groups excluding carboxylic acids is 1. The van der Waals surface area contributed by atoms with Gasteiger partial charge >= 0.3 is 0 Å². The fourth-order valence-corrected chi connectivity index (χ4v) is 4.09. The molecule has 1 atom stereocenters. The van der Waals surface area contributed by atoms with Gasteiger partial charge < -0.3 is 25.2 Å². The van der Waals surface area contributed by atoms with E-state index in [1.54, 1.807) is 14.0 Å². The highest BCUT2D eigenvalue weighted by Gasteiger charge is 2.25. The SMILES string of the molecule is CCNC(=NCCN1CCN(C(C)=O)CC1)NC1CCN(c2ccccc2OC)C1.I. The number of piperazine rings is 1. The second-order valence-corrected chi connectivity index (χ2v) is 7.86. The molecule has 3 rings (SSSR count). The Bertz CT molecular complexity index is 724. The van der Waals surface area contributed by atoms with Gasteiger partial charge in [-0.25, -0.2) is 0 Å².